The Labute approximate surface area is 67.3 Å². The zero-order chi connectivity index (χ0) is 6.08. The number of nitrogens with two attached hydrogens (primary N) is 2. The first-order valence-corrected chi connectivity index (χ1v) is 3.59. The smallest absolute Gasteiger partial charge is 0.271 e. The molecule has 0 atom stereocenters. The van der Waals surface area contributed by atoms with Crippen molar-refractivity contribution in [2.24, 2.45) is 11.0 Å². The fourth-order valence-corrected chi connectivity index (χ4v) is 0. The Bertz CT molecular complexity index is 102. The first-order valence-electron chi connectivity index (χ1n) is 1.79. The molecule has 0 unspecified atom stereocenters. The summed E-state index contributed by atoms with van der Waals surface area (Å²) in [6, 6.07) is 0. The molecule has 4 nitrogen and oxygen atoms in total. The Morgan fingerprint density at radius 1 is 1.22 bits per heavy atom. The van der Waals surface area contributed by atoms with Gasteiger partial charge in [0.1, 0.15) is 0 Å². The van der Waals surface area contributed by atoms with Gasteiger partial charge in [0.2, 0.25) is 0 Å². The zero-order valence-electron chi connectivity index (χ0n) is 5.27. The number of halogens is 2. The normalized spacial score (nSPS) is 9.89. The highest BCUT2D eigenvalue weighted by molar-refractivity contribution is 7.56. The molecule has 0 rings (SSSR count). The van der Waals surface area contributed by atoms with E-state index in [1.807, 2.05) is 0 Å². The molecule has 0 spiro atoms. The molecule has 0 aromatic heterocycles. The second-order valence-corrected chi connectivity index (χ2v) is 3.66. The summed E-state index contributed by atoms with van der Waals surface area (Å²) in [5.74, 6) is 0. The molecule has 0 saturated carbocycles. The molecule has 0 bridgehead atoms. The van der Waals surface area contributed by atoms with Crippen molar-refractivity contribution in [3.05, 3.63) is 0 Å². The molecule has 0 aliphatic rings. The van der Waals surface area contributed by atoms with Gasteiger partial charge in [0.15, 0.2) is 0 Å². The lowest BCUT2D eigenvalue weighted by Gasteiger charge is -2.12. The summed E-state index contributed by atoms with van der Waals surface area (Å²) in [6.45, 7) is 0. The average Bonchev–Trinajstić information content (AvgIpc) is 1.31. The molecule has 0 aliphatic carbocycles. The van der Waals surface area contributed by atoms with Crippen molar-refractivity contribution in [2.75, 3.05) is 14.1 Å². The third-order valence-corrected chi connectivity index (χ3v) is 1.88. The number of rotatable bonds is 1. The molecule has 60 valence electrons. The van der Waals surface area contributed by atoms with Crippen molar-refractivity contribution in [2.45, 2.75) is 0 Å². The quantitative estimate of drug-likeness (QED) is 0.596. The molecule has 0 saturated heterocycles. The number of nitrogens with zero attached hydrogens (tertiary/aromatic N) is 1. The van der Waals surface area contributed by atoms with Gasteiger partial charge in [0, 0.05) is 0 Å². The minimum Gasteiger partial charge on any atom is -0.271 e. The second-order valence-electron chi connectivity index (χ2n) is 1.52. The highest BCUT2D eigenvalue weighted by Gasteiger charge is 2.08. The van der Waals surface area contributed by atoms with Crippen LogP contribution < -0.4 is 11.0 Å². The van der Waals surface area contributed by atoms with Crippen LogP contribution in [0.4, 0.5) is 0 Å². The van der Waals surface area contributed by atoms with Crippen molar-refractivity contribution in [3.8, 4) is 0 Å². The van der Waals surface area contributed by atoms with Crippen molar-refractivity contribution in [3.63, 3.8) is 0 Å². The molecule has 0 radical (unpaired) electrons. The fraction of sp³-hybridized carbons (Fsp3) is 1.00. The van der Waals surface area contributed by atoms with E-state index in [-0.39, 0.29) is 24.8 Å². The lowest BCUT2D eigenvalue weighted by atomic mass is 11.3. The second kappa shape index (κ2) is 5.47. The summed E-state index contributed by atoms with van der Waals surface area (Å²) in [6.07, 6.45) is 0. The third kappa shape index (κ3) is 8.69. The molecule has 4 N–H and O–H groups in total. The summed E-state index contributed by atoms with van der Waals surface area (Å²) in [5, 5.41) is 0. The third-order valence-electron chi connectivity index (χ3n) is 0.625. The van der Waals surface area contributed by atoms with Crippen molar-refractivity contribution in [1.29, 1.82) is 0 Å². The van der Waals surface area contributed by atoms with E-state index in [1.54, 1.807) is 14.1 Å². The Balaban J connectivity index is -0.000000180. The summed E-state index contributed by atoms with van der Waals surface area (Å²) in [5.41, 5.74) is 9.88. The molecule has 0 amide bonds. The standard InChI is InChI=1S/C2H10N3OP.2ClH/c1-5(2)7(3,4)6;;/h1-2H3,(H4,3,4,6);2*1H. The van der Waals surface area contributed by atoms with Gasteiger partial charge in [-0.05, 0) is 14.1 Å². The van der Waals surface area contributed by atoms with Crippen molar-refractivity contribution in [1.82, 2.24) is 4.67 Å². The number of hydrogen-bond donors (Lipinski definition) is 2. The van der Waals surface area contributed by atoms with Gasteiger partial charge in [-0.2, -0.15) is 0 Å². The Hall–Kier alpha value is 0.690. The molecular weight excluding hydrogens is 184 g/mol. The van der Waals surface area contributed by atoms with Crippen LogP contribution in [0.5, 0.6) is 0 Å². The van der Waals surface area contributed by atoms with Crippen LogP contribution in [0.3, 0.4) is 0 Å². The minimum atomic E-state index is -2.90. The topological polar surface area (TPSA) is 72.3 Å². The van der Waals surface area contributed by atoms with Crippen LogP contribution in [-0.2, 0) is 4.57 Å². The van der Waals surface area contributed by atoms with Crippen LogP contribution in [0.2, 0.25) is 0 Å². The molecule has 7 heteroatoms. The van der Waals surface area contributed by atoms with Crippen molar-refractivity contribution >= 4 is 32.4 Å². The van der Waals surface area contributed by atoms with Crippen LogP contribution >= 0.6 is 32.4 Å². The van der Waals surface area contributed by atoms with Gasteiger partial charge >= 0.3 is 0 Å². The molecular formula is C2H12Cl2N3OP. The molecule has 0 fully saturated rings. The van der Waals surface area contributed by atoms with E-state index in [4.69, 9.17) is 11.0 Å². The maximum absolute atomic E-state index is 10.4. The predicted molar refractivity (Wildman–Crippen MR) is 44.2 cm³/mol. The van der Waals surface area contributed by atoms with Crippen LogP contribution in [0, 0.1) is 0 Å². The summed E-state index contributed by atoms with van der Waals surface area (Å²) in [4.78, 5) is 0. The molecule has 0 aliphatic heterocycles. The zero-order valence-corrected chi connectivity index (χ0v) is 7.80. The van der Waals surface area contributed by atoms with E-state index >= 15 is 0 Å². The lowest BCUT2D eigenvalue weighted by molar-refractivity contribution is 0.517. The highest BCUT2D eigenvalue weighted by atomic mass is 35.5. The van der Waals surface area contributed by atoms with E-state index in [2.05, 4.69) is 0 Å². The van der Waals surface area contributed by atoms with E-state index < -0.39 is 7.59 Å². The molecule has 0 aromatic carbocycles. The average molecular weight is 196 g/mol. The number of hydrogen-bond acceptors (Lipinski definition) is 1. The van der Waals surface area contributed by atoms with Crippen molar-refractivity contribution < 1.29 is 4.57 Å². The van der Waals surface area contributed by atoms with Gasteiger partial charge in [-0.15, -0.1) is 24.8 Å². The lowest BCUT2D eigenvalue weighted by Crippen LogP contribution is -2.20. The first kappa shape index (κ1) is 16.3. The molecule has 0 heterocycles. The minimum absolute atomic E-state index is 0. The van der Waals surface area contributed by atoms with Gasteiger partial charge in [-0.3, -0.25) is 15.6 Å². The van der Waals surface area contributed by atoms with Crippen LogP contribution in [0.1, 0.15) is 0 Å². The predicted octanol–water partition coefficient (Wildman–Crippen LogP) is 0.417. The van der Waals surface area contributed by atoms with Gasteiger partial charge in [-0.25, -0.2) is 4.67 Å². The Kier molecular flexibility index (Phi) is 9.94. The van der Waals surface area contributed by atoms with Crippen LogP contribution in [0.15, 0.2) is 0 Å². The van der Waals surface area contributed by atoms with Gasteiger partial charge in [-0.1, -0.05) is 0 Å². The van der Waals surface area contributed by atoms with Gasteiger partial charge in [0.05, 0.1) is 0 Å². The van der Waals surface area contributed by atoms with Crippen LogP contribution in [-0.4, -0.2) is 18.8 Å². The first-order chi connectivity index (χ1) is 2.94. The maximum Gasteiger partial charge on any atom is 0.275 e. The van der Waals surface area contributed by atoms with E-state index in [1.165, 1.54) is 4.67 Å². The van der Waals surface area contributed by atoms with Gasteiger partial charge in [0.25, 0.3) is 7.59 Å². The largest absolute Gasteiger partial charge is 0.275 e. The monoisotopic (exact) mass is 195 g/mol. The SMILES string of the molecule is CN(C)P(N)(N)=O.Cl.Cl. The Morgan fingerprint density at radius 2 is 1.33 bits per heavy atom. The summed E-state index contributed by atoms with van der Waals surface area (Å²) in [7, 11) is 0.236. The summed E-state index contributed by atoms with van der Waals surface area (Å²) < 4.78 is 11.7. The van der Waals surface area contributed by atoms with E-state index in [0.29, 0.717) is 0 Å². The van der Waals surface area contributed by atoms with E-state index in [0.717, 1.165) is 0 Å². The summed E-state index contributed by atoms with van der Waals surface area (Å²) >= 11 is 0. The molecule has 0 aromatic rings. The maximum atomic E-state index is 10.4. The molecule has 9 heavy (non-hydrogen) atoms. The highest BCUT2D eigenvalue weighted by Crippen LogP contribution is 2.25. The Morgan fingerprint density at radius 3 is 1.33 bits per heavy atom. The van der Waals surface area contributed by atoms with Crippen LogP contribution in [0.25, 0.3) is 0 Å². The van der Waals surface area contributed by atoms with E-state index in [9.17, 15) is 4.57 Å². The fourth-order valence-electron chi connectivity index (χ4n) is 0. The van der Waals surface area contributed by atoms with Gasteiger partial charge < -0.3 is 0 Å².